The standard InChI is InChI=1S/C27H33ClFN5O/c1-19(2)34-18-21(17-31-34)11-13-33-12-10-20(14-26(33)28)16-30-24-4-3-5-25(15-24)32-27(35)22-6-8-23(29)9-7-22/h3-9,15,17-20,26,30H,10-14,16H2,1-2H3,(H,32,35). The van der Waals surface area contributed by atoms with Gasteiger partial charge in [0.1, 0.15) is 5.82 Å². The Bertz CT molecular complexity index is 1120. The van der Waals surface area contributed by atoms with Gasteiger partial charge in [0.25, 0.3) is 5.91 Å². The van der Waals surface area contributed by atoms with Crippen molar-refractivity contribution in [3.05, 3.63) is 77.9 Å². The number of hydrogen-bond acceptors (Lipinski definition) is 4. The van der Waals surface area contributed by atoms with Crippen molar-refractivity contribution in [2.24, 2.45) is 5.92 Å². The summed E-state index contributed by atoms with van der Waals surface area (Å²) in [5.74, 6) is -0.151. The maximum atomic E-state index is 13.1. The second-order valence-corrected chi connectivity index (χ2v) is 9.96. The average Bonchev–Trinajstić information content (AvgIpc) is 3.32. The summed E-state index contributed by atoms with van der Waals surface area (Å²) in [5.41, 5.74) is 3.32. The van der Waals surface area contributed by atoms with E-state index in [0.29, 0.717) is 23.2 Å². The molecule has 2 N–H and O–H groups in total. The molecule has 6 nitrogen and oxygen atoms in total. The number of benzene rings is 2. The third-order valence-corrected chi connectivity index (χ3v) is 6.90. The van der Waals surface area contributed by atoms with Gasteiger partial charge in [-0.3, -0.25) is 14.4 Å². The third-order valence-electron chi connectivity index (χ3n) is 6.44. The van der Waals surface area contributed by atoms with Gasteiger partial charge >= 0.3 is 0 Å². The molecule has 0 spiro atoms. The Hall–Kier alpha value is -2.90. The molecule has 0 bridgehead atoms. The van der Waals surface area contributed by atoms with Crippen LogP contribution in [0.15, 0.2) is 60.9 Å². The molecule has 186 valence electrons. The Morgan fingerprint density at radius 3 is 2.69 bits per heavy atom. The molecule has 2 unspecified atom stereocenters. The highest BCUT2D eigenvalue weighted by molar-refractivity contribution is 6.20. The zero-order valence-electron chi connectivity index (χ0n) is 20.3. The Labute approximate surface area is 211 Å². The number of carbonyl (C=O) groups is 1. The molecule has 1 aliphatic rings. The van der Waals surface area contributed by atoms with E-state index in [1.807, 2.05) is 35.1 Å². The van der Waals surface area contributed by atoms with E-state index in [1.54, 1.807) is 0 Å². The van der Waals surface area contributed by atoms with Crippen LogP contribution in [0, 0.1) is 11.7 Å². The van der Waals surface area contributed by atoms with Crippen molar-refractivity contribution in [3.63, 3.8) is 0 Å². The molecule has 2 atom stereocenters. The van der Waals surface area contributed by atoms with E-state index >= 15 is 0 Å². The summed E-state index contributed by atoms with van der Waals surface area (Å²) in [6.45, 7) is 7.00. The number of hydrogen-bond donors (Lipinski definition) is 2. The number of halogens is 2. The largest absolute Gasteiger partial charge is 0.385 e. The molecule has 1 saturated heterocycles. The molecule has 1 amide bonds. The van der Waals surface area contributed by atoms with E-state index in [9.17, 15) is 9.18 Å². The van der Waals surface area contributed by atoms with E-state index < -0.39 is 0 Å². The first-order valence-corrected chi connectivity index (χ1v) is 12.6. The van der Waals surface area contributed by atoms with E-state index in [-0.39, 0.29) is 17.2 Å². The number of piperidine rings is 1. The summed E-state index contributed by atoms with van der Waals surface area (Å²) in [4.78, 5) is 14.8. The second kappa shape index (κ2) is 11.7. The maximum absolute atomic E-state index is 13.1. The molecule has 2 aromatic carbocycles. The zero-order chi connectivity index (χ0) is 24.8. The Balaban J connectivity index is 1.23. The van der Waals surface area contributed by atoms with Gasteiger partial charge < -0.3 is 10.6 Å². The molecule has 0 saturated carbocycles. The fraction of sp³-hybridized carbons (Fsp3) is 0.407. The first kappa shape index (κ1) is 25.2. The van der Waals surface area contributed by atoms with Crippen molar-refractivity contribution in [2.75, 3.05) is 30.3 Å². The predicted molar refractivity (Wildman–Crippen MR) is 140 cm³/mol. The SMILES string of the molecule is CC(C)n1cc(CCN2CCC(CNc3cccc(NC(=O)c4ccc(F)cc4)c3)CC2Cl)cn1. The number of nitrogens with one attached hydrogen (secondary N) is 2. The number of nitrogens with zero attached hydrogens (tertiary/aromatic N) is 3. The van der Waals surface area contributed by atoms with Crippen LogP contribution in [0.2, 0.25) is 0 Å². The molecule has 1 aliphatic heterocycles. The molecule has 8 heteroatoms. The van der Waals surface area contributed by atoms with Gasteiger partial charge in [-0.05, 0) is 93.6 Å². The van der Waals surface area contributed by atoms with E-state index in [1.165, 1.54) is 29.8 Å². The van der Waals surface area contributed by atoms with Gasteiger partial charge in [-0.1, -0.05) is 6.07 Å². The van der Waals surface area contributed by atoms with Crippen molar-refractivity contribution < 1.29 is 9.18 Å². The number of rotatable bonds is 9. The molecule has 0 radical (unpaired) electrons. The minimum absolute atomic E-state index is 0.0250. The predicted octanol–water partition coefficient (Wildman–Crippen LogP) is 5.79. The fourth-order valence-electron chi connectivity index (χ4n) is 4.30. The lowest BCUT2D eigenvalue weighted by molar-refractivity contribution is 0.102. The van der Waals surface area contributed by atoms with Crippen LogP contribution in [0.4, 0.5) is 15.8 Å². The first-order chi connectivity index (χ1) is 16.9. The van der Waals surface area contributed by atoms with Crippen molar-refractivity contribution in [3.8, 4) is 0 Å². The van der Waals surface area contributed by atoms with E-state index in [0.717, 1.165) is 44.6 Å². The molecular weight excluding hydrogens is 465 g/mol. The molecule has 1 fully saturated rings. The second-order valence-electron chi connectivity index (χ2n) is 9.46. The summed E-state index contributed by atoms with van der Waals surface area (Å²) < 4.78 is 15.1. The molecule has 35 heavy (non-hydrogen) atoms. The van der Waals surface area contributed by atoms with Gasteiger partial charge in [0.2, 0.25) is 0 Å². The lowest BCUT2D eigenvalue weighted by Crippen LogP contribution is -2.41. The van der Waals surface area contributed by atoms with Crippen molar-refractivity contribution >= 4 is 28.9 Å². The number of carbonyl (C=O) groups excluding carboxylic acids is 1. The summed E-state index contributed by atoms with van der Waals surface area (Å²) in [5, 5.41) is 10.8. The number of alkyl halides is 1. The quantitative estimate of drug-likeness (QED) is 0.290. The highest BCUT2D eigenvalue weighted by Crippen LogP contribution is 2.26. The highest BCUT2D eigenvalue weighted by Gasteiger charge is 2.26. The van der Waals surface area contributed by atoms with Gasteiger partial charge in [-0.2, -0.15) is 5.10 Å². The van der Waals surface area contributed by atoms with Crippen LogP contribution in [0.3, 0.4) is 0 Å². The first-order valence-electron chi connectivity index (χ1n) is 12.2. The third kappa shape index (κ3) is 7.05. The summed E-state index contributed by atoms with van der Waals surface area (Å²) in [6, 6.07) is 13.5. The van der Waals surface area contributed by atoms with Crippen LogP contribution in [0.1, 0.15) is 48.7 Å². The Morgan fingerprint density at radius 1 is 1.20 bits per heavy atom. The average molecular weight is 498 g/mol. The molecule has 3 aromatic rings. The number of amides is 1. The highest BCUT2D eigenvalue weighted by atomic mass is 35.5. The summed E-state index contributed by atoms with van der Waals surface area (Å²) >= 11 is 6.74. The Morgan fingerprint density at radius 2 is 1.97 bits per heavy atom. The van der Waals surface area contributed by atoms with Crippen molar-refractivity contribution in [1.82, 2.24) is 14.7 Å². The summed E-state index contributed by atoms with van der Waals surface area (Å²) in [7, 11) is 0. The monoisotopic (exact) mass is 497 g/mol. The van der Waals surface area contributed by atoms with Gasteiger partial charge in [-0.15, -0.1) is 11.6 Å². The van der Waals surface area contributed by atoms with Gasteiger partial charge in [0.05, 0.1) is 11.7 Å². The molecule has 4 rings (SSSR count). The van der Waals surface area contributed by atoms with E-state index in [4.69, 9.17) is 11.6 Å². The Kier molecular flexibility index (Phi) is 8.42. The van der Waals surface area contributed by atoms with Gasteiger partial charge in [-0.25, -0.2) is 4.39 Å². The minimum atomic E-state index is -0.364. The van der Waals surface area contributed by atoms with Crippen molar-refractivity contribution in [2.45, 2.75) is 44.7 Å². The van der Waals surface area contributed by atoms with Crippen LogP contribution < -0.4 is 10.6 Å². The van der Waals surface area contributed by atoms with Gasteiger partial charge in [0.15, 0.2) is 0 Å². The normalized spacial score (nSPS) is 18.5. The maximum Gasteiger partial charge on any atom is 0.255 e. The number of aromatic nitrogens is 2. The molecule has 1 aromatic heterocycles. The lowest BCUT2D eigenvalue weighted by atomic mass is 9.96. The van der Waals surface area contributed by atoms with Crippen LogP contribution in [0.5, 0.6) is 0 Å². The molecule has 0 aliphatic carbocycles. The van der Waals surface area contributed by atoms with Crippen molar-refractivity contribution in [1.29, 1.82) is 0 Å². The van der Waals surface area contributed by atoms with Crippen LogP contribution >= 0.6 is 11.6 Å². The van der Waals surface area contributed by atoms with Gasteiger partial charge in [0, 0.05) is 42.3 Å². The number of anilines is 2. The topological polar surface area (TPSA) is 62.2 Å². The zero-order valence-corrected chi connectivity index (χ0v) is 21.0. The number of likely N-dealkylation sites (tertiary alicyclic amines) is 1. The molecule has 2 heterocycles. The lowest BCUT2D eigenvalue weighted by Gasteiger charge is -2.36. The fourth-order valence-corrected chi connectivity index (χ4v) is 4.75. The van der Waals surface area contributed by atoms with E-state index in [2.05, 4.69) is 40.7 Å². The minimum Gasteiger partial charge on any atom is -0.385 e. The van der Waals surface area contributed by atoms with Crippen LogP contribution in [0.25, 0.3) is 0 Å². The molecular formula is C27H33ClFN5O. The van der Waals surface area contributed by atoms with Crippen LogP contribution in [-0.4, -0.2) is 45.7 Å². The smallest absolute Gasteiger partial charge is 0.255 e. The summed E-state index contributed by atoms with van der Waals surface area (Å²) in [6.07, 6.45) is 7.05. The van der Waals surface area contributed by atoms with Crippen LogP contribution in [-0.2, 0) is 6.42 Å².